The molecule has 1 aromatic heterocycles. The average Bonchev–Trinajstić information content (AvgIpc) is 2.95. The van der Waals surface area contributed by atoms with Gasteiger partial charge in [-0.3, -0.25) is 4.79 Å². The Balaban J connectivity index is 2.16. The van der Waals surface area contributed by atoms with Gasteiger partial charge < -0.3 is 14.8 Å². The summed E-state index contributed by atoms with van der Waals surface area (Å²) in [6, 6.07) is 7.89. The molecule has 0 atom stereocenters. The van der Waals surface area contributed by atoms with E-state index in [1.807, 2.05) is 25.1 Å². The maximum Gasteiger partial charge on any atom is 0.348 e. The fourth-order valence-electron chi connectivity index (χ4n) is 2.79. The topological polar surface area (TPSA) is 88.4 Å². The number of benzene rings is 1. The van der Waals surface area contributed by atoms with Crippen LogP contribution in [0.15, 0.2) is 18.2 Å². The highest BCUT2D eigenvalue weighted by molar-refractivity contribution is 7.18. The van der Waals surface area contributed by atoms with Crippen LogP contribution >= 0.6 is 11.3 Å². The van der Waals surface area contributed by atoms with Crippen molar-refractivity contribution in [2.24, 2.45) is 0 Å². The van der Waals surface area contributed by atoms with Gasteiger partial charge in [0.15, 0.2) is 6.61 Å². The van der Waals surface area contributed by atoms with E-state index >= 15 is 0 Å². The van der Waals surface area contributed by atoms with Crippen molar-refractivity contribution in [1.29, 1.82) is 5.26 Å². The largest absolute Gasteiger partial charge is 0.483 e. The molecular formula is C22H26N2O4S. The minimum Gasteiger partial charge on any atom is -0.483 e. The van der Waals surface area contributed by atoms with E-state index < -0.39 is 11.9 Å². The lowest BCUT2D eigenvalue weighted by atomic mass is 9.85. The highest BCUT2D eigenvalue weighted by atomic mass is 32.1. The first-order valence-corrected chi connectivity index (χ1v) is 10.1. The summed E-state index contributed by atoms with van der Waals surface area (Å²) in [6.45, 7) is 11.7. The maximum atomic E-state index is 12.4. The van der Waals surface area contributed by atoms with E-state index in [4.69, 9.17) is 9.47 Å². The molecule has 0 saturated carbocycles. The van der Waals surface area contributed by atoms with Crippen molar-refractivity contribution >= 4 is 28.2 Å². The van der Waals surface area contributed by atoms with Gasteiger partial charge in [0.2, 0.25) is 0 Å². The summed E-state index contributed by atoms with van der Waals surface area (Å²) < 4.78 is 10.8. The van der Waals surface area contributed by atoms with Gasteiger partial charge in [0.05, 0.1) is 12.2 Å². The van der Waals surface area contributed by atoms with E-state index in [1.54, 1.807) is 13.8 Å². The molecule has 0 radical (unpaired) electrons. The Bertz CT molecular complexity index is 964. The number of nitrogens with one attached hydrogen (secondary N) is 1. The molecule has 7 heteroatoms. The second-order valence-electron chi connectivity index (χ2n) is 7.68. The van der Waals surface area contributed by atoms with Crippen LogP contribution in [0.2, 0.25) is 0 Å². The van der Waals surface area contributed by atoms with E-state index in [2.05, 4.69) is 32.2 Å². The molecule has 0 bridgehead atoms. The Morgan fingerprint density at radius 3 is 2.52 bits per heavy atom. The molecule has 0 unspecified atom stereocenters. The lowest BCUT2D eigenvalue weighted by molar-refractivity contribution is -0.118. The summed E-state index contributed by atoms with van der Waals surface area (Å²) in [5, 5.41) is 12.4. The first-order valence-electron chi connectivity index (χ1n) is 9.32. The fraction of sp³-hybridized carbons (Fsp3) is 0.409. The van der Waals surface area contributed by atoms with Crippen LogP contribution < -0.4 is 10.1 Å². The highest BCUT2D eigenvalue weighted by Gasteiger charge is 2.23. The molecule has 29 heavy (non-hydrogen) atoms. The second-order valence-corrected chi connectivity index (χ2v) is 8.70. The lowest BCUT2D eigenvalue weighted by Gasteiger charge is -2.23. The Kier molecular flexibility index (Phi) is 7.04. The fourth-order valence-corrected chi connectivity index (χ4v) is 3.86. The highest BCUT2D eigenvalue weighted by Crippen LogP contribution is 2.34. The molecule has 0 saturated heterocycles. The van der Waals surface area contributed by atoms with E-state index in [0.29, 0.717) is 21.2 Å². The Morgan fingerprint density at radius 1 is 1.24 bits per heavy atom. The summed E-state index contributed by atoms with van der Waals surface area (Å²) >= 11 is 1.03. The Morgan fingerprint density at radius 2 is 1.93 bits per heavy atom. The van der Waals surface area contributed by atoms with Crippen molar-refractivity contribution in [3.8, 4) is 11.8 Å². The zero-order valence-electron chi connectivity index (χ0n) is 17.6. The third-order valence-electron chi connectivity index (χ3n) is 4.27. The van der Waals surface area contributed by atoms with Gasteiger partial charge in [0, 0.05) is 0 Å². The van der Waals surface area contributed by atoms with Gasteiger partial charge in [-0.2, -0.15) is 5.26 Å². The minimum atomic E-state index is -0.502. The number of carbonyl (C=O) groups is 2. The molecule has 154 valence electrons. The van der Waals surface area contributed by atoms with Gasteiger partial charge in [-0.1, -0.05) is 38.5 Å². The normalized spacial score (nSPS) is 10.9. The van der Waals surface area contributed by atoms with Crippen LogP contribution in [-0.4, -0.2) is 25.1 Å². The zero-order valence-corrected chi connectivity index (χ0v) is 18.5. The number of hydrogen-bond donors (Lipinski definition) is 1. The summed E-state index contributed by atoms with van der Waals surface area (Å²) in [4.78, 5) is 24.8. The molecule has 0 aliphatic rings. The van der Waals surface area contributed by atoms with Gasteiger partial charge in [0.1, 0.15) is 21.7 Å². The van der Waals surface area contributed by atoms with Gasteiger partial charge in [0.25, 0.3) is 5.91 Å². The standard InChI is InChI=1S/C22H26N2O4S/c1-7-27-21(26)19-14(3)15(11-23)20(29-19)24-18(25)12-28-17-9-8-13(2)10-16(17)22(4,5)6/h8-10H,7,12H2,1-6H3,(H,24,25). The van der Waals surface area contributed by atoms with Gasteiger partial charge in [-0.05, 0) is 43.4 Å². The van der Waals surface area contributed by atoms with Crippen molar-refractivity contribution < 1.29 is 19.1 Å². The third-order valence-corrected chi connectivity index (χ3v) is 5.46. The number of aryl methyl sites for hydroxylation is 1. The number of carbonyl (C=O) groups excluding carboxylic acids is 2. The molecule has 1 N–H and O–H groups in total. The second kappa shape index (κ2) is 9.10. The van der Waals surface area contributed by atoms with Crippen molar-refractivity contribution in [2.75, 3.05) is 18.5 Å². The van der Waals surface area contributed by atoms with Crippen LogP contribution in [0.1, 0.15) is 59.6 Å². The SMILES string of the molecule is CCOC(=O)c1sc(NC(=O)COc2ccc(C)cc2C(C)(C)C)c(C#N)c1C. The Hall–Kier alpha value is -2.85. The van der Waals surface area contributed by atoms with Gasteiger partial charge >= 0.3 is 5.97 Å². The zero-order chi connectivity index (χ0) is 21.8. The molecule has 1 heterocycles. The predicted octanol–water partition coefficient (Wildman–Crippen LogP) is 4.73. The molecular weight excluding hydrogens is 388 g/mol. The maximum absolute atomic E-state index is 12.4. The molecule has 1 aromatic carbocycles. The number of hydrogen-bond acceptors (Lipinski definition) is 6. The summed E-state index contributed by atoms with van der Waals surface area (Å²) in [7, 11) is 0. The van der Waals surface area contributed by atoms with Crippen molar-refractivity contribution in [3.05, 3.63) is 45.3 Å². The molecule has 0 aliphatic carbocycles. The summed E-state index contributed by atoms with van der Waals surface area (Å²) in [5.74, 6) is -0.260. The third kappa shape index (κ3) is 5.36. The number of ether oxygens (including phenoxy) is 2. The van der Waals surface area contributed by atoms with Crippen LogP contribution in [0.25, 0.3) is 0 Å². The molecule has 0 spiro atoms. The Labute approximate surface area is 175 Å². The van der Waals surface area contributed by atoms with Gasteiger partial charge in [-0.15, -0.1) is 11.3 Å². The first kappa shape index (κ1) is 22.4. The number of rotatable bonds is 6. The molecule has 2 aromatic rings. The monoisotopic (exact) mass is 414 g/mol. The van der Waals surface area contributed by atoms with Crippen LogP contribution in [0, 0.1) is 25.2 Å². The average molecular weight is 415 g/mol. The smallest absolute Gasteiger partial charge is 0.348 e. The molecule has 0 fully saturated rings. The molecule has 0 aliphatic heterocycles. The number of nitrogens with zero attached hydrogens (tertiary/aromatic N) is 1. The van der Waals surface area contributed by atoms with Gasteiger partial charge in [-0.25, -0.2) is 4.79 Å². The number of amides is 1. The van der Waals surface area contributed by atoms with Crippen LogP contribution in [0.4, 0.5) is 5.00 Å². The van der Waals surface area contributed by atoms with E-state index in [-0.39, 0.29) is 24.2 Å². The van der Waals surface area contributed by atoms with Crippen LogP contribution in [0.3, 0.4) is 0 Å². The lowest BCUT2D eigenvalue weighted by Crippen LogP contribution is -2.22. The molecule has 2 rings (SSSR count). The number of nitriles is 1. The minimum absolute atomic E-state index is 0.134. The van der Waals surface area contributed by atoms with Crippen LogP contribution in [0.5, 0.6) is 5.75 Å². The van der Waals surface area contributed by atoms with E-state index in [1.165, 1.54) is 0 Å². The quantitative estimate of drug-likeness (QED) is 0.691. The first-order chi connectivity index (χ1) is 13.6. The van der Waals surface area contributed by atoms with Crippen molar-refractivity contribution in [2.45, 2.75) is 47.0 Å². The summed E-state index contributed by atoms with van der Waals surface area (Å²) in [6.07, 6.45) is 0. The summed E-state index contributed by atoms with van der Waals surface area (Å²) in [5.41, 5.74) is 2.76. The number of thiophene rings is 1. The number of esters is 1. The van der Waals surface area contributed by atoms with E-state index in [0.717, 1.165) is 22.5 Å². The predicted molar refractivity (Wildman–Crippen MR) is 114 cm³/mol. The van der Waals surface area contributed by atoms with Crippen molar-refractivity contribution in [1.82, 2.24) is 0 Å². The molecule has 6 nitrogen and oxygen atoms in total. The van der Waals surface area contributed by atoms with E-state index in [9.17, 15) is 14.9 Å². The molecule has 1 amide bonds. The van der Waals surface area contributed by atoms with Crippen LogP contribution in [-0.2, 0) is 14.9 Å². The van der Waals surface area contributed by atoms with Crippen molar-refractivity contribution in [3.63, 3.8) is 0 Å². The number of anilines is 1.